The number of hydrogen-bond acceptors (Lipinski definition) is 5. The van der Waals surface area contributed by atoms with Gasteiger partial charge < -0.3 is 10.0 Å². The predicted octanol–water partition coefficient (Wildman–Crippen LogP) is 1.77. The molecular weight excluding hydrogens is 256 g/mol. The molecule has 0 saturated heterocycles. The zero-order chi connectivity index (χ0) is 15.5. The Bertz CT molecular complexity index is 561. The van der Waals surface area contributed by atoms with Crippen LogP contribution in [0, 0.1) is 11.3 Å². The Morgan fingerprint density at radius 1 is 1.35 bits per heavy atom. The Labute approximate surface area is 119 Å². The summed E-state index contributed by atoms with van der Waals surface area (Å²) >= 11 is 0. The maximum Gasteiger partial charge on any atom is 0.328 e. The zero-order valence-electron chi connectivity index (χ0n) is 12.6. The number of carbonyl (C=O) groups is 1. The zero-order valence-corrected chi connectivity index (χ0v) is 12.6. The maximum atomic E-state index is 11.3. The van der Waals surface area contributed by atoms with Crippen LogP contribution in [0.5, 0.6) is 0 Å². The van der Waals surface area contributed by atoms with Gasteiger partial charge in [0.05, 0.1) is 5.69 Å². The highest BCUT2D eigenvalue weighted by molar-refractivity contribution is 5.82. The molecule has 0 atom stereocenters. The van der Waals surface area contributed by atoms with Crippen LogP contribution in [0.15, 0.2) is 0 Å². The number of hydrogen-bond donors (Lipinski definition) is 1. The van der Waals surface area contributed by atoms with Gasteiger partial charge in [-0.05, 0) is 32.3 Å². The van der Waals surface area contributed by atoms with Crippen LogP contribution in [0.4, 0.5) is 5.82 Å². The minimum absolute atomic E-state index is 0.314. The van der Waals surface area contributed by atoms with Crippen molar-refractivity contribution in [3.05, 3.63) is 16.8 Å². The predicted molar refractivity (Wildman–Crippen MR) is 75.6 cm³/mol. The molecule has 6 nitrogen and oxygen atoms in total. The lowest BCUT2D eigenvalue weighted by molar-refractivity contribution is -0.142. The van der Waals surface area contributed by atoms with Crippen LogP contribution in [-0.2, 0) is 17.6 Å². The number of rotatable bonds is 5. The second kappa shape index (κ2) is 5.87. The summed E-state index contributed by atoms with van der Waals surface area (Å²) < 4.78 is 0. The van der Waals surface area contributed by atoms with Crippen molar-refractivity contribution in [1.29, 1.82) is 5.26 Å². The first-order valence-electron chi connectivity index (χ1n) is 6.56. The third-order valence-electron chi connectivity index (χ3n) is 3.62. The average Bonchev–Trinajstić information content (AvgIpc) is 2.44. The molecule has 0 radical (unpaired) electrons. The Balaban J connectivity index is 3.48. The minimum Gasteiger partial charge on any atom is -0.480 e. The molecule has 1 heterocycles. The van der Waals surface area contributed by atoms with E-state index in [1.807, 2.05) is 13.8 Å². The number of carboxylic acids is 1. The summed E-state index contributed by atoms with van der Waals surface area (Å²) in [4.78, 5) is 12.8. The lowest BCUT2D eigenvalue weighted by Crippen LogP contribution is -2.49. The fourth-order valence-corrected chi connectivity index (χ4v) is 1.92. The molecule has 1 aromatic rings. The van der Waals surface area contributed by atoms with Crippen LogP contribution in [-0.4, -0.2) is 33.9 Å². The number of likely N-dealkylation sites (N-methyl/N-ethyl adjacent to an activating group) is 1. The van der Waals surface area contributed by atoms with Crippen molar-refractivity contribution >= 4 is 11.8 Å². The van der Waals surface area contributed by atoms with Gasteiger partial charge in [-0.25, -0.2) is 4.79 Å². The van der Waals surface area contributed by atoms with Gasteiger partial charge in [0, 0.05) is 7.05 Å². The summed E-state index contributed by atoms with van der Waals surface area (Å²) in [5.74, 6) is -0.669. The first-order chi connectivity index (χ1) is 9.31. The quantitative estimate of drug-likeness (QED) is 0.881. The monoisotopic (exact) mass is 276 g/mol. The van der Waals surface area contributed by atoms with Crippen LogP contribution in [0.3, 0.4) is 0 Å². The molecule has 0 amide bonds. The molecule has 0 aliphatic heterocycles. The molecular formula is C14H20N4O2. The number of aliphatic carboxylic acids is 1. The molecule has 20 heavy (non-hydrogen) atoms. The third-order valence-corrected chi connectivity index (χ3v) is 3.62. The SMILES string of the molecule is CCc1nnc(N(C)C(C)(C)C(=O)O)c(C#N)c1CC. The summed E-state index contributed by atoms with van der Waals surface area (Å²) in [5, 5.41) is 26.9. The van der Waals surface area contributed by atoms with E-state index in [9.17, 15) is 15.2 Å². The summed E-state index contributed by atoms with van der Waals surface area (Å²) in [5.41, 5.74) is 0.873. The molecule has 0 spiro atoms. The molecule has 0 unspecified atom stereocenters. The Morgan fingerprint density at radius 3 is 2.35 bits per heavy atom. The van der Waals surface area contributed by atoms with Crippen molar-refractivity contribution in [2.45, 2.75) is 46.1 Å². The van der Waals surface area contributed by atoms with Crippen LogP contribution < -0.4 is 4.90 Å². The van der Waals surface area contributed by atoms with E-state index in [0.29, 0.717) is 24.2 Å². The molecule has 108 valence electrons. The van der Waals surface area contributed by atoms with Crippen LogP contribution in [0.2, 0.25) is 0 Å². The van der Waals surface area contributed by atoms with Gasteiger partial charge in [-0.2, -0.15) is 10.4 Å². The highest BCUT2D eigenvalue weighted by Gasteiger charge is 2.35. The van der Waals surface area contributed by atoms with Gasteiger partial charge in [-0.15, -0.1) is 5.10 Å². The van der Waals surface area contributed by atoms with Crippen LogP contribution in [0.25, 0.3) is 0 Å². The standard InChI is InChI=1S/C14H20N4O2/c1-6-9-10(8-15)12(17-16-11(9)7-2)18(5)14(3,4)13(19)20/h6-7H2,1-5H3,(H,19,20). The Morgan fingerprint density at radius 2 is 1.95 bits per heavy atom. The lowest BCUT2D eigenvalue weighted by Gasteiger charge is -2.33. The lowest BCUT2D eigenvalue weighted by atomic mass is 10.00. The van der Waals surface area contributed by atoms with Gasteiger partial charge in [-0.1, -0.05) is 13.8 Å². The van der Waals surface area contributed by atoms with Crippen molar-refractivity contribution in [2.24, 2.45) is 0 Å². The van der Waals surface area contributed by atoms with Gasteiger partial charge >= 0.3 is 5.97 Å². The van der Waals surface area contributed by atoms with Crippen LogP contribution >= 0.6 is 0 Å². The molecule has 1 N–H and O–H groups in total. The van der Waals surface area contributed by atoms with Gasteiger partial charge in [0.2, 0.25) is 0 Å². The topological polar surface area (TPSA) is 90.1 Å². The highest BCUT2D eigenvalue weighted by Crippen LogP contribution is 2.27. The normalized spacial score (nSPS) is 11.0. The molecule has 0 fully saturated rings. The van der Waals surface area contributed by atoms with Crippen molar-refractivity contribution in [3.8, 4) is 6.07 Å². The molecule has 0 saturated carbocycles. The van der Waals surface area contributed by atoms with E-state index in [1.165, 1.54) is 4.90 Å². The molecule has 0 bridgehead atoms. The number of anilines is 1. The molecule has 0 aliphatic carbocycles. The minimum atomic E-state index is -1.17. The van der Waals surface area contributed by atoms with Crippen molar-refractivity contribution < 1.29 is 9.90 Å². The number of nitriles is 1. The van der Waals surface area contributed by atoms with Crippen LogP contribution in [0.1, 0.15) is 44.5 Å². The second-order valence-corrected chi connectivity index (χ2v) is 5.07. The summed E-state index contributed by atoms with van der Waals surface area (Å²) in [6.45, 7) is 7.03. The summed E-state index contributed by atoms with van der Waals surface area (Å²) in [6.07, 6.45) is 1.35. The van der Waals surface area contributed by atoms with E-state index >= 15 is 0 Å². The number of aryl methyl sites for hydroxylation is 1. The van der Waals surface area contributed by atoms with Crippen molar-refractivity contribution in [1.82, 2.24) is 10.2 Å². The van der Waals surface area contributed by atoms with Gasteiger partial charge in [0.25, 0.3) is 0 Å². The van der Waals surface area contributed by atoms with Crippen molar-refractivity contribution in [3.63, 3.8) is 0 Å². The summed E-state index contributed by atoms with van der Waals surface area (Å²) in [6, 6.07) is 2.14. The average molecular weight is 276 g/mol. The number of carboxylic acid groups (broad SMARTS) is 1. The molecule has 0 aromatic carbocycles. The fourth-order valence-electron chi connectivity index (χ4n) is 1.92. The molecule has 1 rings (SSSR count). The Hall–Kier alpha value is -2.16. The van der Waals surface area contributed by atoms with E-state index in [4.69, 9.17) is 0 Å². The largest absolute Gasteiger partial charge is 0.480 e. The molecule has 1 aromatic heterocycles. The smallest absolute Gasteiger partial charge is 0.328 e. The van der Waals surface area contributed by atoms with Gasteiger partial charge in [0.15, 0.2) is 5.82 Å². The van der Waals surface area contributed by atoms with Crippen molar-refractivity contribution in [2.75, 3.05) is 11.9 Å². The molecule has 0 aliphatic rings. The van der Waals surface area contributed by atoms with E-state index in [-0.39, 0.29) is 0 Å². The van der Waals surface area contributed by atoms with E-state index in [0.717, 1.165) is 11.3 Å². The maximum absolute atomic E-state index is 11.3. The van der Waals surface area contributed by atoms with E-state index in [1.54, 1.807) is 20.9 Å². The number of nitrogens with zero attached hydrogens (tertiary/aromatic N) is 4. The second-order valence-electron chi connectivity index (χ2n) is 5.07. The highest BCUT2D eigenvalue weighted by atomic mass is 16.4. The third kappa shape index (κ3) is 2.57. The first kappa shape index (κ1) is 15.9. The Kier molecular flexibility index (Phi) is 4.66. The first-order valence-corrected chi connectivity index (χ1v) is 6.56. The van der Waals surface area contributed by atoms with E-state index in [2.05, 4.69) is 16.3 Å². The number of aromatic nitrogens is 2. The van der Waals surface area contributed by atoms with Gasteiger partial charge in [0.1, 0.15) is 17.2 Å². The summed E-state index contributed by atoms with van der Waals surface area (Å²) in [7, 11) is 1.62. The fraction of sp³-hybridized carbons (Fsp3) is 0.571. The van der Waals surface area contributed by atoms with E-state index < -0.39 is 11.5 Å². The van der Waals surface area contributed by atoms with Gasteiger partial charge in [-0.3, -0.25) is 0 Å². The molecule has 6 heteroatoms.